The van der Waals surface area contributed by atoms with Gasteiger partial charge in [0.25, 0.3) is 5.91 Å². The monoisotopic (exact) mass is 369 g/mol. The van der Waals surface area contributed by atoms with Gasteiger partial charge in [0, 0.05) is 5.56 Å². The summed E-state index contributed by atoms with van der Waals surface area (Å²) in [5.74, 6) is 1.20. The number of amides is 2. The molecule has 0 saturated carbocycles. The fourth-order valence-corrected chi connectivity index (χ4v) is 3.48. The first-order chi connectivity index (χ1) is 13.1. The van der Waals surface area contributed by atoms with Gasteiger partial charge in [-0.25, -0.2) is 0 Å². The van der Waals surface area contributed by atoms with Crippen LogP contribution in [-0.2, 0) is 11.2 Å². The van der Waals surface area contributed by atoms with Gasteiger partial charge in [0.1, 0.15) is 0 Å². The molecule has 0 fully saturated rings. The molecule has 0 spiro atoms. The molecule has 7 heteroatoms. The third kappa shape index (κ3) is 3.05. The maximum Gasteiger partial charge on any atom is 0.258 e. The zero-order valence-electron chi connectivity index (χ0n) is 15.0. The summed E-state index contributed by atoms with van der Waals surface area (Å²) in [6.07, 6.45) is 1.19. The number of carbonyl (C=O) groups excluding carboxylic acids is 2. The molecule has 4 rings (SSSR count). The van der Waals surface area contributed by atoms with Gasteiger partial charge >= 0.3 is 0 Å². The van der Waals surface area contributed by atoms with Gasteiger partial charge in [-0.2, -0.15) is 0 Å². The minimum atomic E-state index is -0.456. The zero-order valence-corrected chi connectivity index (χ0v) is 15.0. The quantitative estimate of drug-likeness (QED) is 0.815. The third-order valence-corrected chi connectivity index (χ3v) is 4.89. The Morgan fingerprint density at radius 3 is 2.56 bits per heavy atom. The summed E-state index contributed by atoms with van der Waals surface area (Å²) in [5, 5.41) is 2.43. The van der Waals surface area contributed by atoms with E-state index in [0.717, 1.165) is 11.3 Å². The van der Waals surface area contributed by atoms with E-state index in [2.05, 4.69) is 5.32 Å². The lowest BCUT2D eigenvalue weighted by molar-refractivity contribution is -0.122. The molecule has 0 bridgehead atoms. The highest BCUT2D eigenvalue weighted by atomic mass is 16.7. The highest BCUT2D eigenvalue weighted by Crippen LogP contribution is 2.38. The van der Waals surface area contributed by atoms with Crippen LogP contribution < -0.4 is 24.3 Å². The molecule has 0 saturated heterocycles. The molecule has 0 aromatic heterocycles. The normalized spacial score (nSPS) is 17.3. The number of nitrogens with one attached hydrogen (secondary N) is 1. The maximum atomic E-state index is 12.5. The van der Waals surface area contributed by atoms with E-state index < -0.39 is 11.8 Å². The predicted octanol–water partition coefficient (Wildman–Crippen LogP) is 2.42. The van der Waals surface area contributed by atoms with Crippen LogP contribution in [0.2, 0.25) is 0 Å². The smallest absolute Gasteiger partial charge is 0.258 e. The second kappa shape index (κ2) is 6.83. The van der Waals surface area contributed by atoms with Gasteiger partial charge < -0.3 is 18.9 Å². The average Bonchev–Trinajstić information content (AvgIpc) is 3.14. The van der Waals surface area contributed by atoms with Crippen molar-refractivity contribution in [2.75, 3.05) is 21.0 Å². The number of ether oxygens (including phenoxy) is 4. The maximum absolute atomic E-state index is 12.5. The van der Waals surface area contributed by atoms with E-state index in [1.165, 1.54) is 14.2 Å². The molecule has 1 atom stereocenters. The summed E-state index contributed by atoms with van der Waals surface area (Å²) < 4.78 is 21.3. The van der Waals surface area contributed by atoms with Gasteiger partial charge in [0.15, 0.2) is 23.0 Å². The average molecular weight is 369 g/mol. The Kier molecular flexibility index (Phi) is 4.35. The molecule has 7 nitrogen and oxygen atoms in total. The largest absolute Gasteiger partial charge is 0.493 e. The molecule has 1 unspecified atom stereocenters. The van der Waals surface area contributed by atoms with Crippen LogP contribution in [0.25, 0.3) is 0 Å². The van der Waals surface area contributed by atoms with Crippen molar-refractivity contribution in [3.63, 3.8) is 0 Å². The van der Waals surface area contributed by atoms with Crippen LogP contribution in [0.5, 0.6) is 23.0 Å². The molecular weight excluding hydrogens is 350 g/mol. The molecule has 27 heavy (non-hydrogen) atoms. The van der Waals surface area contributed by atoms with Gasteiger partial charge in [0.05, 0.1) is 20.1 Å². The van der Waals surface area contributed by atoms with Crippen molar-refractivity contribution in [2.24, 2.45) is 0 Å². The lowest BCUT2D eigenvalue weighted by Gasteiger charge is -2.25. The summed E-state index contributed by atoms with van der Waals surface area (Å²) in [5.41, 5.74) is 2.12. The summed E-state index contributed by atoms with van der Waals surface area (Å²) in [7, 11) is 3.03. The Balaban J connectivity index is 1.62. The van der Waals surface area contributed by atoms with E-state index >= 15 is 0 Å². The van der Waals surface area contributed by atoms with Crippen molar-refractivity contribution in [2.45, 2.75) is 18.8 Å². The van der Waals surface area contributed by atoms with Crippen molar-refractivity contribution in [3.8, 4) is 23.0 Å². The Labute approximate surface area is 156 Å². The number of hydrogen-bond donors (Lipinski definition) is 1. The molecule has 1 N–H and O–H groups in total. The van der Waals surface area contributed by atoms with Gasteiger partial charge in [-0.3, -0.25) is 14.9 Å². The van der Waals surface area contributed by atoms with Crippen LogP contribution >= 0.6 is 0 Å². The first-order valence-electron chi connectivity index (χ1n) is 8.60. The molecule has 2 aliphatic heterocycles. The molecule has 2 aromatic carbocycles. The predicted molar refractivity (Wildman–Crippen MR) is 95.6 cm³/mol. The molecule has 2 aromatic rings. The van der Waals surface area contributed by atoms with Gasteiger partial charge in [0.2, 0.25) is 12.7 Å². The molecule has 0 aliphatic carbocycles. The number of hydrogen-bond acceptors (Lipinski definition) is 6. The number of imide groups is 1. The number of aryl methyl sites for hydroxylation is 1. The standard InChI is InChI=1S/C20H19NO6/c1-24-16-8-13-12(19(22)21-20(23)14(13)9-17(16)25-2)5-3-11-4-6-15-18(7-11)27-10-26-15/h4,6-9,12H,3,5,10H2,1-2H3,(H,21,22,23). The SMILES string of the molecule is COc1cc2c(cc1OC)C(CCc1ccc3c(c1)OCO3)C(=O)NC2=O. The van der Waals surface area contributed by atoms with E-state index in [9.17, 15) is 9.59 Å². The summed E-state index contributed by atoms with van der Waals surface area (Å²) in [4.78, 5) is 24.7. The van der Waals surface area contributed by atoms with Crippen LogP contribution in [0.15, 0.2) is 30.3 Å². The van der Waals surface area contributed by atoms with Crippen molar-refractivity contribution in [3.05, 3.63) is 47.0 Å². The minimum Gasteiger partial charge on any atom is -0.493 e. The van der Waals surface area contributed by atoms with Gasteiger partial charge in [-0.1, -0.05) is 6.07 Å². The van der Waals surface area contributed by atoms with Crippen LogP contribution in [0, 0.1) is 0 Å². The Morgan fingerprint density at radius 2 is 1.78 bits per heavy atom. The Hall–Kier alpha value is -3.22. The lowest BCUT2D eigenvalue weighted by Crippen LogP contribution is -2.40. The van der Waals surface area contributed by atoms with E-state index in [1.807, 2.05) is 18.2 Å². The Bertz CT molecular complexity index is 923. The van der Waals surface area contributed by atoms with Crippen molar-refractivity contribution >= 4 is 11.8 Å². The second-order valence-electron chi connectivity index (χ2n) is 6.39. The summed E-state index contributed by atoms with van der Waals surface area (Å²) in [6, 6.07) is 9.07. The molecule has 2 amide bonds. The zero-order chi connectivity index (χ0) is 19.0. The number of carbonyl (C=O) groups is 2. The van der Waals surface area contributed by atoms with Crippen molar-refractivity contribution in [1.82, 2.24) is 5.32 Å². The topological polar surface area (TPSA) is 83.1 Å². The first kappa shape index (κ1) is 17.2. The third-order valence-electron chi connectivity index (χ3n) is 4.89. The van der Waals surface area contributed by atoms with E-state index in [1.54, 1.807) is 12.1 Å². The fourth-order valence-electron chi connectivity index (χ4n) is 3.48. The number of fused-ring (bicyclic) bond motifs is 2. The molecular formula is C20H19NO6. The first-order valence-corrected chi connectivity index (χ1v) is 8.60. The van der Waals surface area contributed by atoms with Gasteiger partial charge in [-0.15, -0.1) is 0 Å². The lowest BCUT2D eigenvalue weighted by atomic mass is 9.85. The van der Waals surface area contributed by atoms with Crippen molar-refractivity contribution < 1.29 is 28.5 Å². The van der Waals surface area contributed by atoms with Crippen LogP contribution in [0.1, 0.15) is 33.8 Å². The van der Waals surface area contributed by atoms with E-state index in [-0.39, 0.29) is 12.7 Å². The van der Waals surface area contributed by atoms with E-state index in [0.29, 0.717) is 41.2 Å². The highest BCUT2D eigenvalue weighted by Gasteiger charge is 2.33. The number of benzene rings is 2. The molecule has 0 radical (unpaired) electrons. The van der Waals surface area contributed by atoms with Gasteiger partial charge in [-0.05, 0) is 48.2 Å². The highest BCUT2D eigenvalue weighted by molar-refractivity contribution is 6.11. The molecule has 140 valence electrons. The van der Waals surface area contributed by atoms with Crippen LogP contribution in [-0.4, -0.2) is 32.8 Å². The number of rotatable bonds is 5. The molecule has 2 heterocycles. The molecule has 2 aliphatic rings. The fraction of sp³-hybridized carbons (Fsp3) is 0.300. The summed E-state index contributed by atoms with van der Waals surface area (Å²) >= 11 is 0. The van der Waals surface area contributed by atoms with Crippen LogP contribution in [0.4, 0.5) is 0 Å². The Morgan fingerprint density at radius 1 is 1.04 bits per heavy atom. The van der Waals surface area contributed by atoms with E-state index in [4.69, 9.17) is 18.9 Å². The minimum absolute atomic E-state index is 0.223. The van der Waals surface area contributed by atoms with Crippen molar-refractivity contribution in [1.29, 1.82) is 0 Å². The second-order valence-corrected chi connectivity index (χ2v) is 6.39. The number of methoxy groups -OCH3 is 2. The summed E-state index contributed by atoms with van der Waals surface area (Å²) in [6.45, 7) is 0.223. The van der Waals surface area contributed by atoms with Crippen LogP contribution in [0.3, 0.4) is 0 Å².